The van der Waals surface area contributed by atoms with Gasteiger partial charge >= 0.3 is 0 Å². The minimum Gasteiger partial charge on any atom is -0.356 e. The molecule has 0 radical (unpaired) electrons. The molecule has 0 spiro atoms. The van der Waals surface area contributed by atoms with E-state index in [4.69, 9.17) is 9.47 Å². The molecule has 0 saturated carbocycles. The average Bonchev–Trinajstić information content (AvgIpc) is 2.31. The predicted molar refractivity (Wildman–Crippen MR) is 80.9 cm³/mol. The van der Waals surface area contributed by atoms with Crippen LogP contribution in [0.5, 0.6) is 0 Å². The monoisotopic (exact) mass is 280 g/mol. The van der Waals surface area contributed by atoms with Crippen LogP contribution in [0.4, 0.5) is 0 Å². The first-order chi connectivity index (χ1) is 8.87. The van der Waals surface area contributed by atoms with Gasteiger partial charge in [-0.05, 0) is 30.3 Å². The molecule has 0 heterocycles. The van der Waals surface area contributed by atoms with E-state index in [2.05, 4.69) is 26.2 Å². The second-order valence-electron chi connectivity index (χ2n) is 6.00. The molecule has 0 unspecified atom stereocenters. The molecule has 0 aromatic carbocycles. The van der Waals surface area contributed by atoms with E-state index in [-0.39, 0.29) is 12.6 Å². The van der Waals surface area contributed by atoms with E-state index in [0.717, 1.165) is 12.7 Å². The van der Waals surface area contributed by atoms with E-state index >= 15 is 0 Å². The van der Waals surface area contributed by atoms with Crippen molar-refractivity contribution in [2.24, 2.45) is 0 Å². The lowest BCUT2D eigenvalue weighted by Crippen LogP contribution is -2.31. The summed E-state index contributed by atoms with van der Waals surface area (Å²) < 4.78 is 11.3. The smallest absolute Gasteiger partial charge is 0.178 e. The summed E-state index contributed by atoms with van der Waals surface area (Å²) in [4.78, 5) is 11.2. The molecule has 0 amide bonds. The van der Waals surface area contributed by atoms with E-state index in [0.29, 0.717) is 6.42 Å². The predicted octanol–water partition coefficient (Wildman–Crippen LogP) is 3.33. The summed E-state index contributed by atoms with van der Waals surface area (Å²) in [5.41, 5.74) is -0.575. The maximum atomic E-state index is 11.2. The molecule has 3 nitrogen and oxygen atoms in total. The molecular formula is C15H24O3Si. The van der Waals surface area contributed by atoms with E-state index in [1.54, 1.807) is 18.2 Å². The molecule has 0 fully saturated rings. The van der Waals surface area contributed by atoms with Crippen molar-refractivity contribution >= 4 is 13.9 Å². The van der Waals surface area contributed by atoms with Crippen LogP contribution in [0.1, 0.15) is 6.42 Å². The molecule has 1 aliphatic rings. The van der Waals surface area contributed by atoms with Gasteiger partial charge in [0.25, 0.3) is 0 Å². The molecule has 0 N–H and O–H groups in total. The minimum atomic E-state index is -1.06. The van der Waals surface area contributed by atoms with Gasteiger partial charge in [-0.15, -0.1) is 6.58 Å². The number of hydrogen-bond acceptors (Lipinski definition) is 3. The average molecular weight is 280 g/mol. The fourth-order valence-electron chi connectivity index (χ4n) is 1.66. The molecule has 0 aromatic heterocycles. The molecule has 0 saturated heterocycles. The second kappa shape index (κ2) is 6.98. The van der Waals surface area contributed by atoms with Gasteiger partial charge in [-0.3, -0.25) is 4.79 Å². The van der Waals surface area contributed by atoms with Crippen LogP contribution >= 0.6 is 0 Å². The lowest BCUT2D eigenvalue weighted by molar-refractivity contribution is -0.113. The molecule has 0 aromatic rings. The summed E-state index contributed by atoms with van der Waals surface area (Å²) in [6.45, 7) is 11.6. The Hall–Kier alpha value is -0.973. The largest absolute Gasteiger partial charge is 0.356 e. The Morgan fingerprint density at radius 2 is 1.95 bits per heavy atom. The summed E-state index contributed by atoms with van der Waals surface area (Å²) in [5, 5.41) is 0. The Labute approximate surface area is 117 Å². The van der Waals surface area contributed by atoms with Crippen LogP contribution in [0.25, 0.3) is 0 Å². The minimum absolute atomic E-state index is 0.0112. The van der Waals surface area contributed by atoms with E-state index in [1.165, 1.54) is 12.2 Å². The van der Waals surface area contributed by atoms with Crippen molar-refractivity contribution < 1.29 is 14.3 Å². The Morgan fingerprint density at radius 3 is 2.47 bits per heavy atom. The van der Waals surface area contributed by atoms with Gasteiger partial charge in [-0.2, -0.15) is 0 Å². The van der Waals surface area contributed by atoms with E-state index in [1.807, 2.05) is 0 Å². The summed E-state index contributed by atoms with van der Waals surface area (Å²) in [6.07, 6.45) is 9.03. The van der Waals surface area contributed by atoms with Crippen molar-refractivity contribution in [2.75, 3.05) is 13.4 Å². The first-order valence-electron chi connectivity index (χ1n) is 6.62. The van der Waals surface area contributed by atoms with Crippen molar-refractivity contribution in [3.8, 4) is 0 Å². The molecule has 0 atom stereocenters. The summed E-state index contributed by atoms with van der Waals surface area (Å²) in [6, 6.07) is 1.12. The fraction of sp³-hybridized carbons (Fsp3) is 0.533. The Morgan fingerprint density at radius 1 is 1.32 bits per heavy atom. The molecule has 0 bridgehead atoms. The van der Waals surface area contributed by atoms with E-state index < -0.39 is 13.7 Å². The van der Waals surface area contributed by atoms with Crippen LogP contribution in [0.3, 0.4) is 0 Å². The van der Waals surface area contributed by atoms with Gasteiger partial charge in [-0.25, -0.2) is 0 Å². The summed E-state index contributed by atoms with van der Waals surface area (Å²) in [7, 11) is -1.06. The zero-order valence-electron chi connectivity index (χ0n) is 12.1. The maximum absolute atomic E-state index is 11.2. The van der Waals surface area contributed by atoms with Crippen molar-refractivity contribution in [1.82, 2.24) is 0 Å². The first-order valence-corrected chi connectivity index (χ1v) is 10.3. The zero-order valence-corrected chi connectivity index (χ0v) is 13.1. The SMILES string of the molecule is C=CCC1(OCOCC[Si](C)(C)C)C=CC(=O)C=C1. The van der Waals surface area contributed by atoms with E-state index in [9.17, 15) is 4.79 Å². The Bertz CT molecular complexity index is 361. The van der Waals surface area contributed by atoms with Gasteiger partial charge in [0.2, 0.25) is 0 Å². The van der Waals surface area contributed by atoms with Crippen LogP contribution in [0, 0.1) is 0 Å². The highest BCUT2D eigenvalue weighted by molar-refractivity contribution is 6.76. The van der Waals surface area contributed by atoms with Gasteiger partial charge in [0.1, 0.15) is 12.4 Å². The Balaban J connectivity index is 2.39. The number of carbonyl (C=O) groups is 1. The van der Waals surface area contributed by atoms with Crippen LogP contribution in [0.15, 0.2) is 37.0 Å². The number of allylic oxidation sites excluding steroid dienone is 2. The molecule has 1 rings (SSSR count). The molecular weight excluding hydrogens is 256 g/mol. The van der Waals surface area contributed by atoms with Crippen LogP contribution in [0.2, 0.25) is 25.7 Å². The number of hydrogen-bond donors (Lipinski definition) is 0. The highest BCUT2D eigenvalue weighted by Gasteiger charge is 2.26. The fourth-order valence-corrected chi connectivity index (χ4v) is 2.42. The highest BCUT2D eigenvalue weighted by Crippen LogP contribution is 2.24. The lowest BCUT2D eigenvalue weighted by Gasteiger charge is -2.28. The van der Waals surface area contributed by atoms with Crippen molar-refractivity contribution in [3.05, 3.63) is 37.0 Å². The number of carbonyl (C=O) groups excluding carboxylic acids is 1. The first kappa shape index (κ1) is 16.1. The molecule has 19 heavy (non-hydrogen) atoms. The maximum Gasteiger partial charge on any atom is 0.178 e. The highest BCUT2D eigenvalue weighted by atomic mass is 28.3. The third-order valence-electron chi connectivity index (χ3n) is 2.93. The van der Waals surface area contributed by atoms with Crippen LogP contribution < -0.4 is 0 Å². The molecule has 1 aliphatic carbocycles. The molecule has 4 heteroatoms. The van der Waals surface area contributed by atoms with Crippen molar-refractivity contribution in [1.29, 1.82) is 0 Å². The third kappa shape index (κ3) is 6.14. The molecule has 0 aliphatic heterocycles. The molecule has 106 valence electrons. The second-order valence-corrected chi connectivity index (χ2v) is 11.6. The normalized spacial score (nSPS) is 17.7. The van der Waals surface area contributed by atoms with Gasteiger partial charge in [0.15, 0.2) is 5.78 Å². The zero-order chi connectivity index (χ0) is 14.4. The number of ether oxygens (including phenoxy) is 2. The Kier molecular flexibility index (Phi) is 5.91. The number of ketones is 1. The van der Waals surface area contributed by atoms with Crippen LogP contribution in [-0.2, 0) is 14.3 Å². The van der Waals surface area contributed by atoms with Gasteiger partial charge < -0.3 is 9.47 Å². The van der Waals surface area contributed by atoms with Crippen molar-refractivity contribution in [3.63, 3.8) is 0 Å². The summed E-state index contributed by atoms with van der Waals surface area (Å²) >= 11 is 0. The van der Waals surface area contributed by atoms with Gasteiger partial charge in [0, 0.05) is 21.1 Å². The van der Waals surface area contributed by atoms with Crippen LogP contribution in [-0.4, -0.2) is 32.9 Å². The standard InChI is InChI=1S/C15H24O3Si/c1-5-8-15(9-6-14(16)7-10-15)18-13-17-11-12-19(2,3)4/h5-7,9-10H,1,8,11-13H2,2-4H3. The summed E-state index contributed by atoms with van der Waals surface area (Å²) in [5.74, 6) is -0.0112. The lowest BCUT2D eigenvalue weighted by atomic mass is 9.94. The quantitative estimate of drug-likeness (QED) is 0.296. The van der Waals surface area contributed by atoms with Crippen molar-refractivity contribution in [2.45, 2.75) is 37.7 Å². The van der Waals surface area contributed by atoms with Gasteiger partial charge in [0.05, 0.1) is 0 Å². The van der Waals surface area contributed by atoms with Gasteiger partial charge in [-0.1, -0.05) is 25.7 Å². The number of rotatable bonds is 8. The topological polar surface area (TPSA) is 35.5 Å². The third-order valence-corrected chi connectivity index (χ3v) is 4.63.